The Balaban J connectivity index is 1.97. The lowest BCUT2D eigenvalue weighted by Gasteiger charge is -2.07. The molecular formula is C15H19NOS. The van der Waals surface area contributed by atoms with Crippen LogP contribution in [0.25, 0.3) is 11.3 Å². The predicted molar refractivity (Wildman–Crippen MR) is 76.8 cm³/mol. The van der Waals surface area contributed by atoms with Gasteiger partial charge in [0.1, 0.15) is 0 Å². The Kier molecular flexibility index (Phi) is 4.50. The minimum Gasteiger partial charge on any atom is -0.377 e. The number of aryl methyl sites for hydroxylation is 1. The normalized spacial score (nSPS) is 11.1. The lowest BCUT2D eigenvalue weighted by Crippen LogP contribution is -2.01. The van der Waals surface area contributed by atoms with Crippen LogP contribution < -0.4 is 0 Å². The van der Waals surface area contributed by atoms with E-state index in [0.717, 1.165) is 17.3 Å². The molecule has 0 aliphatic carbocycles. The Bertz CT molecular complexity index is 487. The molecule has 3 heteroatoms. The first kappa shape index (κ1) is 13.2. The molecule has 0 saturated heterocycles. The zero-order valence-corrected chi connectivity index (χ0v) is 12.0. The minimum absolute atomic E-state index is 0.585. The van der Waals surface area contributed by atoms with E-state index < -0.39 is 0 Å². The third kappa shape index (κ3) is 3.65. The summed E-state index contributed by atoms with van der Waals surface area (Å²) in [4.78, 5) is 4.48. The van der Waals surface area contributed by atoms with E-state index in [9.17, 15) is 0 Å². The maximum Gasteiger partial charge on any atom is 0.0901 e. The third-order valence-electron chi connectivity index (χ3n) is 2.59. The summed E-state index contributed by atoms with van der Waals surface area (Å²) in [5, 5.41) is 3.20. The minimum atomic E-state index is 0.585. The predicted octanol–water partition coefficient (Wildman–Crippen LogP) is 4.29. The SMILES string of the molecule is Cc1nc(-c2ccc(COCC(C)C)cc2)cs1. The molecule has 0 amide bonds. The van der Waals surface area contributed by atoms with E-state index in [2.05, 4.69) is 48.5 Å². The van der Waals surface area contributed by atoms with Crippen LogP contribution >= 0.6 is 11.3 Å². The molecule has 2 aromatic rings. The maximum absolute atomic E-state index is 5.62. The molecule has 96 valence electrons. The van der Waals surface area contributed by atoms with Gasteiger partial charge >= 0.3 is 0 Å². The molecule has 0 aliphatic rings. The summed E-state index contributed by atoms with van der Waals surface area (Å²) in [7, 11) is 0. The standard InChI is InChI=1S/C15H19NOS/c1-11(2)8-17-9-13-4-6-14(7-5-13)15-10-18-12(3)16-15/h4-7,10-11H,8-9H2,1-3H3. The van der Waals surface area contributed by atoms with Crippen LogP contribution in [0.3, 0.4) is 0 Å². The second-order valence-corrected chi connectivity index (χ2v) is 5.92. The number of rotatable bonds is 5. The molecule has 0 N–H and O–H groups in total. The van der Waals surface area contributed by atoms with Crippen molar-refractivity contribution in [3.05, 3.63) is 40.2 Å². The van der Waals surface area contributed by atoms with Gasteiger partial charge in [-0.2, -0.15) is 0 Å². The van der Waals surface area contributed by atoms with Gasteiger partial charge in [0.05, 0.1) is 17.3 Å². The van der Waals surface area contributed by atoms with E-state index in [-0.39, 0.29) is 0 Å². The summed E-state index contributed by atoms with van der Waals surface area (Å²) in [5.74, 6) is 0.585. The largest absolute Gasteiger partial charge is 0.377 e. The highest BCUT2D eigenvalue weighted by molar-refractivity contribution is 7.09. The molecule has 0 saturated carbocycles. The second kappa shape index (κ2) is 6.12. The molecule has 1 heterocycles. The van der Waals surface area contributed by atoms with E-state index in [0.29, 0.717) is 12.5 Å². The second-order valence-electron chi connectivity index (χ2n) is 4.86. The number of aromatic nitrogens is 1. The molecule has 0 fully saturated rings. The summed E-state index contributed by atoms with van der Waals surface area (Å²) >= 11 is 1.68. The van der Waals surface area contributed by atoms with Crippen LogP contribution in [0.5, 0.6) is 0 Å². The van der Waals surface area contributed by atoms with Crippen molar-refractivity contribution < 1.29 is 4.74 Å². The van der Waals surface area contributed by atoms with Crippen LogP contribution in [-0.4, -0.2) is 11.6 Å². The smallest absolute Gasteiger partial charge is 0.0901 e. The first-order valence-corrected chi connectivity index (χ1v) is 7.12. The fourth-order valence-electron chi connectivity index (χ4n) is 1.68. The van der Waals surface area contributed by atoms with Gasteiger partial charge in [0.2, 0.25) is 0 Å². The molecule has 0 bridgehead atoms. The van der Waals surface area contributed by atoms with Crippen molar-refractivity contribution in [1.82, 2.24) is 4.98 Å². The lowest BCUT2D eigenvalue weighted by molar-refractivity contribution is 0.0971. The number of nitrogens with zero attached hydrogens (tertiary/aromatic N) is 1. The van der Waals surface area contributed by atoms with E-state index >= 15 is 0 Å². The van der Waals surface area contributed by atoms with Crippen LogP contribution in [0.2, 0.25) is 0 Å². The van der Waals surface area contributed by atoms with Gasteiger partial charge < -0.3 is 4.74 Å². The third-order valence-corrected chi connectivity index (χ3v) is 3.36. The molecular weight excluding hydrogens is 242 g/mol. The van der Waals surface area contributed by atoms with Gasteiger partial charge in [-0.3, -0.25) is 0 Å². The monoisotopic (exact) mass is 261 g/mol. The van der Waals surface area contributed by atoms with Gasteiger partial charge in [-0.25, -0.2) is 4.98 Å². The fraction of sp³-hybridized carbons (Fsp3) is 0.400. The summed E-state index contributed by atoms with van der Waals surface area (Å²) in [6.45, 7) is 7.85. The van der Waals surface area contributed by atoms with Gasteiger partial charge in [0, 0.05) is 17.6 Å². The molecule has 1 aromatic carbocycles. The van der Waals surface area contributed by atoms with Gasteiger partial charge in [0.15, 0.2) is 0 Å². The van der Waals surface area contributed by atoms with Gasteiger partial charge in [-0.1, -0.05) is 38.1 Å². The number of hydrogen-bond acceptors (Lipinski definition) is 3. The van der Waals surface area contributed by atoms with Crippen molar-refractivity contribution in [3.63, 3.8) is 0 Å². The molecule has 1 aromatic heterocycles. The van der Waals surface area contributed by atoms with Crippen molar-refractivity contribution in [3.8, 4) is 11.3 Å². The van der Waals surface area contributed by atoms with Crippen molar-refractivity contribution in [2.24, 2.45) is 5.92 Å². The van der Waals surface area contributed by atoms with Crippen LogP contribution in [0.1, 0.15) is 24.4 Å². The number of thiazole rings is 1. The van der Waals surface area contributed by atoms with Crippen LogP contribution in [-0.2, 0) is 11.3 Å². The molecule has 2 rings (SSSR count). The Morgan fingerprint density at radius 2 is 1.94 bits per heavy atom. The highest BCUT2D eigenvalue weighted by Gasteiger charge is 2.02. The topological polar surface area (TPSA) is 22.1 Å². The molecule has 0 unspecified atom stereocenters. The van der Waals surface area contributed by atoms with Gasteiger partial charge in [-0.05, 0) is 18.4 Å². The number of hydrogen-bond donors (Lipinski definition) is 0. The fourth-order valence-corrected chi connectivity index (χ4v) is 2.30. The first-order valence-electron chi connectivity index (χ1n) is 6.24. The quantitative estimate of drug-likeness (QED) is 0.801. The van der Waals surface area contributed by atoms with Crippen molar-refractivity contribution in [2.75, 3.05) is 6.61 Å². The zero-order valence-electron chi connectivity index (χ0n) is 11.1. The molecule has 18 heavy (non-hydrogen) atoms. The highest BCUT2D eigenvalue weighted by Crippen LogP contribution is 2.21. The van der Waals surface area contributed by atoms with E-state index in [4.69, 9.17) is 4.74 Å². The Labute approximate surface area is 113 Å². The average molecular weight is 261 g/mol. The lowest BCUT2D eigenvalue weighted by atomic mass is 10.1. The maximum atomic E-state index is 5.62. The molecule has 0 radical (unpaired) electrons. The van der Waals surface area contributed by atoms with Gasteiger partial charge in [0.25, 0.3) is 0 Å². The van der Waals surface area contributed by atoms with Crippen molar-refractivity contribution in [2.45, 2.75) is 27.4 Å². The molecule has 0 aliphatic heterocycles. The number of ether oxygens (including phenoxy) is 1. The van der Waals surface area contributed by atoms with E-state index in [1.54, 1.807) is 11.3 Å². The summed E-state index contributed by atoms with van der Waals surface area (Å²) in [6, 6.07) is 8.46. The van der Waals surface area contributed by atoms with Crippen molar-refractivity contribution >= 4 is 11.3 Å². The van der Waals surface area contributed by atoms with E-state index in [1.807, 2.05) is 6.92 Å². The first-order chi connectivity index (χ1) is 8.65. The summed E-state index contributed by atoms with van der Waals surface area (Å²) in [6.07, 6.45) is 0. The highest BCUT2D eigenvalue weighted by atomic mass is 32.1. The molecule has 0 spiro atoms. The van der Waals surface area contributed by atoms with Crippen LogP contribution in [0, 0.1) is 12.8 Å². The van der Waals surface area contributed by atoms with Crippen molar-refractivity contribution in [1.29, 1.82) is 0 Å². The van der Waals surface area contributed by atoms with E-state index in [1.165, 1.54) is 11.1 Å². The Hall–Kier alpha value is -1.19. The van der Waals surface area contributed by atoms with Crippen LogP contribution in [0.15, 0.2) is 29.6 Å². The van der Waals surface area contributed by atoms with Gasteiger partial charge in [-0.15, -0.1) is 11.3 Å². The van der Waals surface area contributed by atoms with Crippen LogP contribution in [0.4, 0.5) is 0 Å². The average Bonchev–Trinajstić information content (AvgIpc) is 2.76. The summed E-state index contributed by atoms with van der Waals surface area (Å²) in [5.41, 5.74) is 3.45. The Morgan fingerprint density at radius 3 is 2.50 bits per heavy atom. The number of benzene rings is 1. The summed E-state index contributed by atoms with van der Waals surface area (Å²) < 4.78 is 5.62. The molecule has 2 nitrogen and oxygen atoms in total. The molecule has 0 atom stereocenters. The zero-order chi connectivity index (χ0) is 13.0. The Morgan fingerprint density at radius 1 is 1.22 bits per heavy atom.